The van der Waals surface area contributed by atoms with Gasteiger partial charge in [0.2, 0.25) is 0 Å². The molecule has 3 aromatic carbocycles. The second-order valence-electron chi connectivity index (χ2n) is 9.81. The van der Waals surface area contributed by atoms with Crippen molar-refractivity contribution < 1.29 is 4.79 Å². The van der Waals surface area contributed by atoms with Crippen LogP contribution in [0.2, 0.25) is 0 Å². The Morgan fingerprint density at radius 3 is 2.34 bits per heavy atom. The molecule has 192 valence electrons. The number of pyridine rings is 1. The SMILES string of the molecule is CN(C)c1cc(NC2CCC(NC(=O)c3ccccc3Sc3ccccc3C#N)CC2)nc2ccccc12. The van der Waals surface area contributed by atoms with Gasteiger partial charge in [-0.3, -0.25) is 4.79 Å². The fourth-order valence-electron chi connectivity index (χ4n) is 4.97. The van der Waals surface area contributed by atoms with Crippen LogP contribution >= 0.6 is 11.8 Å². The molecule has 1 amide bonds. The van der Waals surface area contributed by atoms with Gasteiger partial charge in [0.25, 0.3) is 5.91 Å². The summed E-state index contributed by atoms with van der Waals surface area (Å²) in [4.78, 5) is 21.9. The zero-order valence-electron chi connectivity index (χ0n) is 21.6. The van der Waals surface area contributed by atoms with Gasteiger partial charge in [-0.15, -0.1) is 0 Å². The van der Waals surface area contributed by atoms with Crippen LogP contribution in [-0.4, -0.2) is 37.1 Å². The number of para-hydroxylation sites is 1. The third-order valence-electron chi connectivity index (χ3n) is 6.95. The largest absolute Gasteiger partial charge is 0.377 e. The van der Waals surface area contributed by atoms with Crippen molar-refractivity contribution in [2.24, 2.45) is 0 Å². The van der Waals surface area contributed by atoms with Gasteiger partial charge in [0.1, 0.15) is 11.9 Å². The molecule has 6 nitrogen and oxygen atoms in total. The summed E-state index contributed by atoms with van der Waals surface area (Å²) in [5.41, 5.74) is 3.38. The Balaban J connectivity index is 1.21. The van der Waals surface area contributed by atoms with Crippen molar-refractivity contribution in [3.8, 4) is 6.07 Å². The van der Waals surface area contributed by atoms with E-state index < -0.39 is 0 Å². The molecule has 38 heavy (non-hydrogen) atoms. The molecule has 1 heterocycles. The lowest BCUT2D eigenvalue weighted by Crippen LogP contribution is -2.40. The smallest absolute Gasteiger partial charge is 0.252 e. The molecule has 0 spiro atoms. The molecule has 1 fully saturated rings. The molecule has 5 rings (SSSR count). The number of aromatic nitrogens is 1. The number of hydrogen-bond acceptors (Lipinski definition) is 6. The molecule has 1 aliphatic carbocycles. The molecule has 2 N–H and O–H groups in total. The maximum absolute atomic E-state index is 13.3. The lowest BCUT2D eigenvalue weighted by Gasteiger charge is -2.30. The number of nitrogens with one attached hydrogen (secondary N) is 2. The zero-order valence-corrected chi connectivity index (χ0v) is 22.5. The first-order valence-electron chi connectivity index (χ1n) is 12.9. The highest BCUT2D eigenvalue weighted by Crippen LogP contribution is 2.33. The van der Waals surface area contributed by atoms with Crippen LogP contribution in [0.15, 0.2) is 88.7 Å². The highest BCUT2D eigenvalue weighted by molar-refractivity contribution is 7.99. The van der Waals surface area contributed by atoms with Crippen molar-refractivity contribution in [2.45, 2.75) is 47.6 Å². The Bertz CT molecular complexity index is 1490. The maximum Gasteiger partial charge on any atom is 0.252 e. The summed E-state index contributed by atoms with van der Waals surface area (Å²) in [6.07, 6.45) is 3.74. The number of benzene rings is 3. The summed E-state index contributed by atoms with van der Waals surface area (Å²) in [6, 6.07) is 28.1. The average molecular weight is 522 g/mol. The quantitative estimate of drug-likeness (QED) is 0.290. The Labute approximate surface area is 228 Å². The monoisotopic (exact) mass is 521 g/mol. The second kappa shape index (κ2) is 11.6. The summed E-state index contributed by atoms with van der Waals surface area (Å²) in [5, 5.41) is 17.5. The van der Waals surface area contributed by atoms with Gasteiger partial charge in [-0.2, -0.15) is 5.26 Å². The molecule has 4 aromatic rings. The van der Waals surface area contributed by atoms with Crippen LogP contribution in [0.5, 0.6) is 0 Å². The molecule has 0 saturated heterocycles. The van der Waals surface area contributed by atoms with Crippen molar-refractivity contribution in [1.82, 2.24) is 10.3 Å². The number of anilines is 2. The minimum absolute atomic E-state index is 0.0641. The molecule has 0 bridgehead atoms. The number of amides is 1. The topological polar surface area (TPSA) is 81.0 Å². The van der Waals surface area contributed by atoms with Crippen LogP contribution < -0.4 is 15.5 Å². The van der Waals surface area contributed by atoms with E-state index in [1.165, 1.54) is 11.8 Å². The minimum Gasteiger partial charge on any atom is -0.377 e. The van der Waals surface area contributed by atoms with E-state index >= 15 is 0 Å². The van der Waals surface area contributed by atoms with Crippen LogP contribution in [0.1, 0.15) is 41.6 Å². The first-order chi connectivity index (χ1) is 18.5. The maximum atomic E-state index is 13.3. The highest BCUT2D eigenvalue weighted by Gasteiger charge is 2.24. The van der Waals surface area contributed by atoms with Crippen molar-refractivity contribution in [2.75, 3.05) is 24.3 Å². The van der Waals surface area contributed by atoms with E-state index in [0.29, 0.717) is 17.2 Å². The van der Waals surface area contributed by atoms with E-state index in [-0.39, 0.29) is 11.9 Å². The fourth-order valence-corrected chi connectivity index (χ4v) is 5.99. The molecule has 0 atom stereocenters. The van der Waals surface area contributed by atoms with Crippen LogP contribution in [-0.2, 0) is 0 Å². The predicted molar refractivity (Wildman–Crippen MR) is 155 cm³/mol. The number of hydrogen-bond donors (Lipinski definition) is 2. The number of nitriles is 1. The standard InChI is InChI=1S/C31H31N5OS/c1-36(2)27-19-30(35-26-12-6-4-10-24(26)27)33-22-15-17-23(18-16-22)34-31(37)25-11-5-8-14-29(25)38-28-13-7-3-9-21(28)20-32/h3-14,19,22-23H,15-18H2,1-2H3,(H,33,35)(H,34,37). The Hall–Kier alpha value is -4.02. The number of fused-ring (bicyclic) bond motifs is 1. The van der Waals surface area contributed by atoms with Gasteiger partial charge in [-0.05, 0) is 56.0 Å². The molecule has 0 radical (unpaired) electrons. The van der Waals surface area contributed by atoms with Crippen molar-refractivity contribution in [3.63, 3.8) is 0 Å². The van der Waals surface area contributed by atoms with Gasteiger partial charge in [0.15, 0.2) is 0 Å². The van der Waals surface area contributed by atoms with Gasteiger partial charge in [-0.25, -0.2) is 4.98 Å². The van der Waals surface area contributed by atoms with E-state index in [1.54, 1.807) is 6.07 Å². The van der Waals surface area contributed by atoms with E-state index in [0.717, 1.165) is 57.9 Å². The fraction of sp³-hybridized carbons (Fsp3) is 0.258. The first-order valence-corrected chi connectivity index (χ1v) is 13.7. The van der Waals surface area contributed by atoms with Crippen molar-refractivity contribution in [1.29, 1.82) is 5.26 Å². The predicted octanol–water partition coefficient (Wildman–Crippen LogP) is 6.48. The van der Waals surface area contributed by atoms with Crippen molar-refractivity contribution >= 4 is 40.1 Å². The van der Waals surface area contributed by atoms with Gasteiger partial charge >= 0.3 is 0 Å². The van der Waals surface area contributed by atoms with Gasteiger partial charge in [0, 0.05) is 53.1 Å². The number of carbonyl (C=O) groups excluding carboxylic acids is 1. The Morgan fingerprint density at radius 1 is 0.921 bits per heavy atom. The number of nitrogens with zero attached hydrogens (tertiary/aromatic N) is 3. The zero-order chi connectivity index (χ0) is 26.5. The molecule has 7 heteroatoms. The minimum atomic E-state index is -0.0641. The molecule has 0 aliphatic heterocycles. The molecule has 0 unspecified atom stereocenters. The van der Waals surface area contributed by atoms with E-state index in [4.69, 9.17) is 4.98 Å². The second-order valence-corrected chi connectivity index (χ2v) is 10.9. The Morgan fingerprint density at radius 2 is 1.58 bits per heavy atom. The number of carbonyl (C=O) groups is 1. The van der Waals surface area contributed by atoms with E-state index in [2.05, 4.69) is 53.9 Å². The summed E-state index contributed by atoms with van der Waals surface area (Å²) in [6.45, 7) is 0. The summed E-state index contributed by atoms with van der Waals surface area (Å²) in [5.74, 6) is 0.828. The molecular formula is C31H31N5OS. The summed E-state index contributed by atoms with van der Waals surface area (Å²) >= 11 is 1.46. The Kier molecular flexibility index (Phi) is 7.81. The summed E-state index contributed by atoms with van der Waals surface area (Å²) in [7, 11) is 4.11. The average Bonchev–Trinajstić information content (AvgIpc) is 2.94. The van der Waals surface area contributed by atoms with Gasteiger partial charge in [-0.1, -0.05) is 54.2 Å². The lowest BCUT2D eigenvalue weighted by molar-refractivity contribution is 0.0923. The van der Waals surface area contributed by atoms with Crippen LogP contribution in [0, 0.1) is 11.3 Å². The first kappa shape index (κ1) is 25.6. The third kappa shape index (κ3) is 5.76. The van der Waals surface area contributed by atoms with E-state index in [9.17, 15) is 10.1 Å². The van der Waals surface area contributed by atoms with Crippen LogP contribution in [0.4, 0.5) is 11.5 Å². The van der Waals surface area contributed by atoms with Crippen LogP contribution in [0.3, 0.4) is 0 Å². The molecule has 1 aromatic heterocycles. The summed E-state index contributed by atoms with van der Waals surface area (Å²) < 4.78 is 0. The van der Waals surface area contributed by atoms with Gasteiger partial charge < -0.3 is 15.5 Å². The third-order valence-corrected chi connectivity index (χ3v) is 8.10. The lowest BCUT2D eigenvalue weighted by atomic mass is 9.91. The van der Waals surface area contributed by atoms with Crippen molar-refractivity contribution in [3.05, 3.63) is 90.0 Å². The highest BCUT2D eigenvalue weighted by atomic mass is 32.2. The molecule has 1 aliphatic rings. The molecule has 1 saturated carbocycles. The molecular weight excluding hydrogens is 490 g/mol. The van der Waals surface area contributed by atoms with E-state index in [1.807, 2.05) is 54.6 Å². The van der Waals surface area contributed by atoms with Gasteiger partial charge in [0.05, 0.1) is 16.6 Å². The van der Waals surface area contributed by atoms with Crippen LogP contribution in [0.25, 0.3) is 10.9 Å². The number of rotatable bonds is 7. The normalized spacial score (nSPS) is 17.0.